The minimum absolute atomic E-state index is 0.221. The van der Waals surface area contributed by atoms with E-state index in [0.29, 0.717) is 25.6 Å². The maximum atomic E-state index is 13.3. The average Bonchev–Trinajstić information content (AvgIpc) is 3.22. The highest BCUT2D eigenvalue weighted by molar-refractivity contribution is 7.98. The number of morpholine rings is 1. The number of rotatable bonds is 4. The zero-order chi connectivity index (χ0) is 23.3. The molecular formula is C25H25FN4O2S2. The number of anilines is 1. The summed E-state index contributed by atoms with van der Waals surface area (Å²) in [7, 11) is 0. The Morgan fingerprint density at radius 1 is 1.12 bits per heavy atom. The largest absolute Gasteiger partial charge is 0.378 e. The maximum absolute atomic E-state index is 13.3. The van der Waals surface area contributed by atoms with E-state index in [9.17, 15) is 4.39 Å². The summed E-state index contributed by atoms with van der Waals surface area (Å²) in [4.78, 5) is 17.8. The highest BCUT2D eigenvalue weighted by atomic mass is 32.2. The van der Waals surface area contributed by atoms with Crippen LogP contribution in [0.25, 0.3) is 20.4 Å². The molecule has 34 heavy (non-hydrogen) atoms. The van der Waals surface area contributed by atoms with Crippen LogP contribution < -0.4 is 4.90 Å². The van der Waals surface area contributed by atoms with Crippen LogP contribution in [0, 0.1) is 5.82 Å². The van der Waals surface area contributed by atoms with Gasteiger partial charge in [-0.05, 0) is 37.1 Å². The molecule has 0 radical (unpaired) electrons. The van der Waals surface area contributed by atoms with Gasteiger partial charge in [0.1, 0.15) is 27.8 Å². The molecule has 0 spiro atoms. The monoisotopic (exact) mass is 496 g/mol. The van der Waals surface area contributed by atoms with Gasteiger partial charge in [-0.15, -0.1) is 23.1 Å². The zero-order valence-electron chi connectivity index (χ0n) is 19.1. The van der Waals surface area contributed by atoms with Crippen LogP contribution in [0.3, 0.4) is 0 Å². The van der Waals surface area contributed by atoms with Gasteiger partial charge < -0.3 is 14.4 Å². The molecule has 9 heteroatoms. The van der Waals surface area contributed by atoms with Crippen LogP contribution >= 0.6 is 23.1 Å². The first-order valence-electron chi connectivity index (χ1n) is 11.4. The summed E-state index contributed by atoms with van der Waals surface area (Å²) in [6.45, 7) is 7.92. The Bertz CT molecular complexity index is 1370. The highest BCUT2D eigenvalue weighted by Crippen LogP contribution is 2.44. The van der Waals surface area contributed by atoms with E-state index in [1.54, 1.807) is 29.4 Å². The molecule has 0 saturated carbocycles. The fourth-order valence-electron chi connectivity index (χ4n) is 4.64. The molecule has 0 N–H and O–H groups in total. The molecule has 6 nitrogen and oxygen atoms in total. The van der Waals surface area contributed by atoms with Crippen molar-refractivity contribution in [2.24, 2.45) is 0 Å². The second kappa shape index (κ2) is 8.71. The third-order valence-electron chi connectivity index (χ3n) is 6.37. The van der Waals surface area contributed by atoms with Gasteiger partial charge >= 0.3 is 0 Å². The smallest absolute Gasteiger partial charge is 0.136 e. The molecule has 0 amide bonds. The molecule has 6 rings (SSSR count). The number of aromatic nitrogens is 3. The van der Waals surface area contributed by atoms with Crippen LogP contribution in [-0.4, -0.2) is 46.9 Å². The van der Waals surface area contributed by atoms with Crippen molar-refractivity contribution in [1.29, 1.82) is 0 Å². The molecule has 5 heterocycles. The third-order valence-corrected chi connectivity index (χ3v) is 8.64. The maximum Gasteiger partial charge on any atom is 0.136 e. The van der Waals surface area contributed by atoms with Crippen LogP contribution in [0.15, 0.2) is 35.6 Å². The number of benzene rings is 1. The quantitative estimate of drug-likeness (QED) is 0.278. The molecule has 0 aliphatic carbocycles. The summed E-state index contributed by atoms with van der Waals surface area (Å²) in [5.74, 6) is 1.51. The first-order valence-corrected chi connectivity index (χ1v) is 13.2. The van der Waals surface area contributed by atoms with Crippen molar-refractivity contribution in [2.75, 3.05) is 31.2 Å². The van der Waals surface area contributed by atoms with Crippen molar-refractivity contribution in [3.8, 4) is 0 Å². The van der Waals surface area contributed by atoms with Gasteiger partial charge in [-0.1, -0.05) is 12.1 Å². The van der Waals surface area contributed by atoms with Gasteiger partial charge in [0.25, 0.3) is 0 Å². The number of hydrogen-bond acceptors (Lipinski definition) is 8. The number of thiophene rings is 1. The fourth-order valence-corrected chi connectivity index (χ4v) is 6.83. The second-order valence-corrected chi connectivity index (χ2v) is 11.2. The van der Waals surface area contributed by atoms with Crippen LogP contribution in [0.1, 0.15) is 30.5 Å². The molecule has 0 bridgehead atoms. The summed E-state index contributed by atoms with van der Waals surface area (Å²) in [5, 5.41) is 2.07. The molecule has 4 aromatic rings. The normalized spacial score (nSPS) is 17.9. The minimum Gasteiger partial charge on any atom is -0.378 e. The molecular weight excluding hydrogens is 471 g/mol. The van der Waals surface area contributed by atoms with E-state index >= 15 is 0 Å². The van der Waals surface area contributed by atoms with Gasteiger partial charge in [-0.3, -0.25) is 0 Å². The Hall–Kier alpha value is -2.33. The minimum atomic E-state index is -0.245. The van der Waals surface area contributed by atoms with Crippen molar-refractivity contribution in [3.05, 3.63) is 53.1 Å². The lowest BCUT2D eigenvalue weighted by atomic mass is 9.90. The van der Waals surface area contributed by atoms with E-state index in [1.165, 1.54) is 23.3 Å². The molecule has 1 fully saturated rings. The lowest BCUT2D eigenvalue weighted by Gasteiger charge is -2.36. The van der Waals surface area contributed by atoms with E-state index in [1.807, 2.05) is 12.1 Å². The Kier molecular flexibility index (Phi) is 5.68. The lowest BCUT2D eigenvalue weighted by molar-refractivity contribution is -0.0396. The Morgan fingerprint density at radius 2 is 1.91 bits per heavy atom. The first kappa shape index (κ1) is 22.2. The molecule has 1 aromatic carbocycles. The summed E-state index contributed by atoms with van der Waals surface area (Å²) < 4.78 is 26.1. The standard InChI is InChI=1S/C25H25FN4O2S2/c1-25(2)11-17-18(12-32-25)22(30-7-9-31-10-8-30)29-23-19(17)20-21(34-23)24(28-14-27-20)33-13-15-3-5-16(26)6-4-15/h3-6,14H,7-13H2,1-2H3. The van der Waals surface area contributed by atoms with E-state index < -0.39 is 0 Å². The Labute approximate surface area is 205 Å². The zero-order valence-corrected chi connectivity index (χ0v) is 20.8. The second-order valence-electron chi connectivity index (χ2n) is 9.27. The Morgan fingerprint density at radius 3 is 2.71 bits per heavy atom. The lowest BCUT2D eigenvalue weighted by Crippen LogP contribution is -2.39. The fraction of sp³-hybridized carbons (Fsp3) is 0.400. The molecule has 2 aliphatic rings. The topological polar surface area (TPSA) is 60.4 Å². The van der Waals surface area contributed by atoms with E-state index in [-0.39, 0.29) is 11.4 Å². The highest BCUT2D eigenvalue weighted by Gasteiger charge is 2.33. The van der Waals surface area contributed by atoms with Crippen molar-refractivity contribution >= 4 is 49.3 Å². The van der Waals surface area contributed by atoms with Crippen molar-refractivity contribution in [1.82, 2.24) is 15.0 Å². The molecule has 0 atom stereocenters. The van der Waals surface area contributed by atoms with E-state index in [0.717, 1.165) is 56.4 Å². The third kappa shape index (κ3) is 4.04. The molecule has 3 aromatic heterocycles. The molecule has 1 saturated heterocycles. The summed E-state index contributed by atoms with van der Waals surface area (Å²) >= 11 is 3.31. The van der Waals surface area contributed by atoms with Gasteiger partial charge in [0, 0.05) is 36.2 Å². The van der Waals surface area contributed by atoms with Gasteiger partial charge in [0.05, 0.1) is 35.6 Å². The predicted octanol–water partition coefficient (Wildman–Crippen LogP) is 5.36. The van der Waals surface area contributed by atoms with Gasteiger partial charge in [0.2, 0.25) is 0 Å². The number of halogens is 1. The number of thioether (sulfide) groups is 1. The predicted molar refractivity (Wildman–Crippen MR) is 134 cm³/mol. The van der Waals surface area contributed by atoms with Crippen molar-refractivity contribution in [2.45, 2.75) is 43.3 Å². The number of nitrogens with zero attached hydrogens (tertiary/aromatic N) is 4. The molecule has 0 unspecified atom stereocenters. The van der Waals surface area contributed by atoms with Crippen LogP contribution in [-0.2, 0) is 28.3 Å². The number of hydrogen-bond donors (Lipinski definition) is 0. The summed E-state index contributed by atoms with van der Waals surface area (Å²) in [6.07, 6.45) is 2.46. The van der Waals surface area contributed by atoms with Gasteiger partial charge in [0.15, 0.2) is 0 Å². The van der Waals surface area contributed by atoms with E-state index in [4.69, 9.17) is 19.4 Å². The summed E-state index contributed by atoms with van der Waals surface area (Å²) in [6, 6.07) is 6.64. The van der Waals surface area contributed by atoms with Crippen LogP contribution in [0.4, 0.5) is 10.2 Å². The van der Waals surface area contributed by atoms with Crippen molar-refractivity contribution < 1.29 is 13.9 Å². The number of pyridine rings is 1. The summed E-state index contributed by atoms with van der Waals surface area (Å²) in [5.41, 5.74) is 4.25. The van der Waals surface area contributed by atoms with Crippen LogP contribution in [0.5, 0.6) is 0 Å². The SMILES string of the molecule is CC1(C)Cc2c(c(N3CCOCC3)nc3sc4c(SCc5ccc(F)cc5)ncnc4c23)CO1. The molecule has 2 aliphatic heterocycles. The number of fused-ring (bicyclic) bond motifs is 5. The van der Waals surface area contributed by atoms with Gasteiger partial charge in [-0.25, -0.2) is 19.3 Å². The molecule has 176 valence electrons. The number of ether oxygens (including phenoxy) is 2. The first-order chi connectivity index (χ1) is 16.5. The Balaban J connectivity index is 1.47. The average molecular weight is 497 g/mol. The van der Waals surface area contributed by atoms with E-state index in [2.05, 4.69) is 23.7 Å². The van der Waals surface area contributed by atoms with Gasteiger partial charge in [-0.2, -0.15) is 0 Å². The van der Waals surface area contributed by atoms with Crippen molar-refractivity contribution in [3.63, 3.8) is 0 Å². The van der Waals surface area contributed by atoms with Crippen LogP contribution in [0.2, 0.25) is 0 Å².